The van der Waals surface area contributed by atoms with Crippen LogP contribution < -0.4 is 5.32 Å². The van der Waals surface area contributed by atoms with Crippen molar-refractivity contribution >= 4 is 17.2 Å². The Morgan fingerprint density at radius 2 is 2.41 bits per heavy atom. The molecule has 1 saturated heterocycles. The molecule has 0 aromatic carbocycles. The van der Waals surface area contributed by atoms with Gasteiger partial charge < -0.3 is 14.6 Å². The zero-order chi connectivity index (χ0) is 15.4. The van der Waals surface area contributed by atoms with Crippen LogP contribution in [0.15, 0.2) is 28.1 Å². The van der Waals surface area contributed by atoms with Crippen molar-refractivity contribution in [1.82, 2.24) is 10.5 Å². The number of nitrogens with one attached hydrogen (secondary N) is 1. The third-order valence-electron chi connectivity index (χ3n) is 3.86. The molecule has 6 heteroatoms. The Morgan fingerprint density at radius 3 is 3.14 bits per heavy atom. The number of ether oxygens (including phenoxy) is 1. The van der Waals surface area contributed by atoms with Gasteiger partial charge in [-0.05, 0) is 24.8 Å². The van der Waals surface area contributed by atoms with Crippen molar-refractivity contribution in [3.05, 3.63) is 39.9 Å². The summed E-state index contributed by atoms with van der Waals surface area (Å²) in [7, 11) is 0. The summed E-state index contributed by atoms with van der Waals surface area (Å²) in [5, 5.41) is 9.03. The van der Waals surface area contributed by atoms with Gasteiger partial charge in [-0.1, -0.05) is 11.2 Å². The maximum Gasteiger partial charge on any atom is 0.220 e. The topological polar surface area (TPSA) is 64.4 Å². The van der Waals surface area contributed by atoms with Gasteiger partial charge >= 0.3 is 0 Å². The molecule has 1 N–H and O–H groups in total. The maximum atomic E-state index is 12.1. The van der Waals surface area contributed by atoms with Crippen LogP contribution in [0.1, 0.15) is 22.8 Å². The molecular formula is C16H20N2O3S. The van der Waals surface area contributed by atoms with E-state index in [1.54, 1.807) is 11.3 Å². The van der Waals surface area contributed by atoms with Crippen molar-refractivity contribution < 1.29 is 14.1 Å². The van der Waals surface area contributed by atoms with Crippen molar-refractivity contribution in [3.8, 4) is 0 Å². The van der Waals surface area contributed by atoms with Crippen molar-refractivity contribution in [2.75, 3.05) is 13.2 Å². The number of carbonyl (C=O) groups excluding carboxylic acids is 1. The summed E-state index contributed by atoms with van der Waals surface area (Å²) in [6.07, 6.45) is 2.06. The van der Waals surface area contributed by atoms with Gasteiger partial charge in [-0.2, -0.15) is 0 Å². The monoisotopic (exact) mass is 320 g/mol. The van der Waals surface area contributed by atoms with E-state index in [0.29, 0.717) is 19.6 Å². The number of aryl methyl sites for hydroxylation is 2. The predicted octanol–water partition coefficient (Wildman–Crippen LogP) is 2.35. The fourth-order valence-electron chi connectivity index (χ4n) is 2.70. The largest absolute Gasteiger partial charge is 0.379 e. The zero-order valence-electron chi connectivity index (χ0n) is 12.6. The molecule has 0 saturated carbocycles. The number of rotatable bonds is 6. The lowest BCUT2D eigenvalue weighted by Gasteiger charge is -2.17. The Bertz CT molecular complexity index is 609. The number of hydrogen-bond donors (Lipinski definition) is 1. The minimum atomic E-state index is 0.0567. The Balaban J connectivity index is 1.49. The average molecular weight is 320 g/mol. The molecule has 0 bridgehead atoms. The highest BCUT2D eigenvalue weighted by atomic mass is 32.1. The Kier molecular flexibility index (Phi) is 4.90. The van der Waals surface area contributed by atoms with Gasteiger partial charge in [-0.3, -0.25) is 4.79 Å². The third-order valence-corrected chi connectivity index (χ3v) is 4.80. The van der Waals surface area contributed by atoms with Crippen molar-refractivity contribution in [2.24, 2.45) is 5.92 Å². The van der Waals surface area contributed by atoms with Crippen LogP contribution in [0, 0.1) is 12.8 Å². The van der Waals surface area contributed by atoms with Gasteiger partial charge in [0.2, 0.25) is 5.91 Å². The Labute approximate surface area is 133 Å². The van der Waals surface area contributed by atoms with Gasteiger partial charge in [0.15, 0.2) is 0 Å². The molecule has 2 aromatic heterocycles. The SMILES string of the molecule is Cc1cc(CC2COCC2NC(=O)CCc2cccs2)on1. The van der Waals surface area contributed by atoms with E-state index in [-0.39, 0.29) is 17.9 Å². The minimum absolute atomic E-state index is 0.0567. The lowest BCUT2D eigenvalue weighted by molar-refractivity contribution is -0.122. The molecule has 1 aliphatic heterocycles. The van der Waals surface area contributed by atoms with Crippen LogP contribution in [0.3, 0.4) is 0 Å². The molecule has 1 aliphatic rings. The average Bonchev–Trinajstić information content (AvgIpc) is 3.21. The number of carbonyl (C=O) groups is 1. The van der Waals surface area contributed by atoms with Crippen LogP contribution in [0.5, 0.6) is 0 Å². The highest BCUT2D eigenvalue weighted by molar-refractivity contribution is 7.09. The Hall–Kier alpha value is -1.66. The molecule has 22 heavy (non-hydrogen) atoms. The molecule has 5 nitrogen and oxygen atoms in total. The summed E-state index contributed by atoms with van der Waals surface area (Å²) in [5.74, 6) is 1.19. The highest BCUT2D eigenvalue weighted by Gasteiger charge is 2.30. The fraction of sp³-hybridized carbons (Fsp3) is 0.500. The van der Waals surface area contributed by atoms with E-state index >= 15 is 0 Å². The van der Waals surface area contributed by atoms with Crippen LogP contribution in [0.2, 0.25) is 0 Å². The molecule has 2 atom stereocenters. The van der Waals surface area contributed by atoms with Crippen LogP contribution in [0.25, 0.3) is 0 Å². The molecule has 1 amide bonds. The summed E-state index contributed by atoms with van der Waals surface area (Å²) >= 11 is 1.69. The Morgan fingerprint density at radius 1 is 1.50 bits per heavy atom. The third kappa shape index (κ3) is 3.96. The first kappa shape index (κ1) is 15.2. The fourth-order valence-corrected chi connectivity index (χ4v) is 3.41. The first-order chi connectivity index (χ1) is 10.7. The van der Waals surface area contributed by atoms with Crippen molar-refractivity contribution in [3.63, 3.8) is 0 Å². The standard InChI is InChI=1S/C16H20N2O3S/c1-11-7-13(21-18-11)8-12-9-20-10-15(12)17-16(19)5-4-14-3-2-6-22-14/h2-3,6-7,12,15H,4-5,8-10H2,1H3,(H,17,19). The van der Waals surface area contributed by atoms with E-state index in [4.69, 9.17) is 9.26 Å². The van der Waals surface area contributed by atoms with Gasteiger partial charge in [-0.25, -0.2) is 0 Å². The number of hydrogen-bond acceptors (Lipinski definition) is 5. The number of thiophene rings is 1. The quantitative estimate of drug-likeness (QED) is 0.887. The highest BCUT2D eigenvalue weighted by Crippen LogP contribution is 2.20. The van der Waals surface area contributed by atoms with Crippen LogP contribution in [0.4, 0.5) is 0 Å². The normalized spacial score (nSPS) is 21.1. The second-order valence-electron chi connectivity index (χ2n) is 5.69. The van der Waals surface area contributed by atoms with Crippen LogP contribution >= 0.6 is 11.3 Å². The first-order valence-corrected chi connectivity index (χ1v) is 8.40. The number of nitrogens with zero attached hydrogens (tertiary/aromatic N) is 1. The van der Waals surface area contributed by atoms with E-state index in [9.17, 15) is 4.79 Å². The van der Waals surface area contributed by atoms with E-state index < -0.39 is 0 Å². The summed E-state index contributed by atoms with van der Waals surface area (Å²) in [6.45, 7) is 3.13. The van der Waals surface area contributed by atoms with Crippen molar-refractivity contribution in [2.45, 2.75) is 32.2 Å². The summed E-state index contributed by atoms with van der Waals surface area (Å²) in [4.78, 5) is 13.3. The molecule has 0 aliphatic carbocycles. The van der Waals surface area contributed by atoms with Crippen LogP contribution in [-0.2, 0) is 22.4 Å². The zero-order valence-corrected chi connectivity index (χ0v) is 13.4. The molecule has 1 fully saturated rings. The van der Waals surface area contributed by atoms with Gasteiger partial charge in [0.1, 0.15) is 5.76 Å². The minimum Gasteiger partial charge on any atom is -0.379 e. The molecule has 0 radical (unpaired) electrons. The number of aromatic nitrogens is 1. The molecule has 2 aromatic rings. The van der Waals surface area contributed by atoms with Gasteiger partial charge in [0.05, 0.1) is 24.9 Å². The van der Waals surface area contributed by atoms with E-state index in [1.807, 2.05) is 24.4 Å². The lowest BCUT2D eigenvalue weighted by Crippen LogP contribution is -2.40. The predicted molar refractivity (Wildman–Crippen MR) is 83.8 cm³/mol. The molecule has 0 spiro atoms. The molecular weight excluding hydrogens is 300 g/mol. The van der Waals surface area contributed by atoms with Gasteiger partial charge in [-0.15, -0.1) is 11.3 Å². The van der Waals surface area contributed by atoms with E-state index in [0.717, 1.165) is 24.3 Å². The molecule has 118 valence electrons. The molecule has 3 rings (SSSR count). The first-order valence-electron chi connectivity index (χ1n) is 7.52. The van der Waals surface area contributed by atoms with Crippen molar-refractivity contribution in [1.29, 1.82) is 0 Å². The molecule has 3 heterocycles. The van der Waals surface area contributed by atoms with Gasteiger partial charge in [0, 0.05) is 29.7 Å². The second kappa shape index (κ2) is 7.07. The molecule has 2 unspecified atom stereocenters. The van der Waals surface area contributed by atoms with Gasteiger partial charge in [0.25, 0.3) is 0 Å². The van der Waals surface area contributed by atoms with Crippen LogP contribution in [-0.4, -0.2) is 30.3 Å². The lowest BCUT2D eigenvalue weighted by atomic mass is 9.98. The van der Waals surface area contributed by atoms with E-state index in [1.165, 1.54) is 4.88 Å². The summed E-state index contributed by atoms with van der Waals surface area (Å²) < 4.78 is 10.8. The smallest absolute Gasteiger partial charge is 0.220 e. The summed E-state index contributed by atoms with van der Waals surface area (Å²) in [5.41, 5.74) is 0.880. The maximum absolute atomic E-state index is 12.1. The second-order valence-corrected chi connectivity index (χ2v) is 6.72. The summed E-state index contributed by atoms with van der Waals surface area (Å²) in [6, 6.07) is 6.07. The van der Waals surface area contributed by atoms with E-state index in [2.05, 4.69) is 16.5 Å². The number of amides is 1.